The summed E-state index contributed by atoms with van der Waals surface area (Å²) in [5.41, 5.74) is 3.81. The molecule has 0 radical (unpaired) electrons. The summed E-state index contributed by atoms with van der Waals surface area (Å²) in [7, 11) is -1.96. The van der Waals surface area contributed by atoms with Crippen LogP contribution >= 0.6 is 18.9 Å². The first-order valence-electron chi connectivity index (χ1n) is 11.2. The zero-order chi connectivity index (χ0) is 22.5. The summed E-state index contributed by atoms with van der Waals surface area (Å²) in [6, 6.07) is 50.1. The van der Waals surface area contributed by atoms with Crippen LogP contribution in [0.2, 0.25) is 5.02 Å². The zero-order valence-electron chi connectivity index (χ0n) is 18.7. The maximum absolute atomic E-state index is 6.19. The van der Waals surface area contributed by atoms with Gasteiger partial charge in [0.25, 0.3) is 0 Å². The largest absolute Gasteiger partial charge is 1.00 e. The molecule has 0 fully saturated rings. The van der Waals surface area contributed by atoms with Gasteiger partial charge in [0.1, 0.15) is 23.2 Å². The monoisotopic (exact) mass is 590 g/mol. The van der Waals surface area contributed by atoms with Crippen LogP contribution in [-0.2, 0) is 6.16 Å². The molecule has 5 aromatic rings. The van der Waals surface area contributed by atoms with Crippen molar-refractivity contribution < 1.29 is 24.0 Å². The first-order valence-corrected chi connectivity index (χ1v) is 13.5. The molecule has 0 amide bonds. The molecule has 0 aliphatic rings. The van der Waals surface area contributed by atoms with Gasteiger partial charge in [-0.05, 0) is 65.2 Å². The molecular weight excluding hydrogens is 566 g/mol. The summed E-state index contributed by atoms with van der Waals surface area (Å²) >= 11 is 6.19. The Morgan fingerprint density at radius 3 is 1.35 bits per heavy atom. The van der Waals surface area contributed by atoms with Gasteiger partial charge >= 0.3 is 0 Å². The van der Waals surface area contributed by atoms with E-state index in [1.807, 2.05) is 12.1 Å². The molecule has 0 spiro atoms. The summed E-state index contributed by atoms with van der Waals surface area (Å²) in [5, 5.41) is 4.95. The van der Waals surface area contributed by atoms with Gasteiger partial charge in [-0.3, -0.25) is 0 Å². The van der Waals surface area contributed by atoms with E-state index in [1.54, 1.807) is 0 Å². The summed E-state index contributed by atoms with van der Waals surface area (Å²) in [5.74, 6) is 0. The highest BCUT2D eigenvalue weighted by Crippen LogP contribution is 2.58. The predicted molar refractivity (Wildman–Crippen MR) is 146 cm³/mol. The quantitative estimate of drug-likeness (QED) is 0.202. The molecule has 0 unspecified atom stereocenters. The molecule has 0 heterocycles. The van der Waals surface area contributed by atoms with E-state index in [0.717, 1.165) is 11.2 Å². The van der Waals surface area contributed by atoms with Crippen LogP contribution in [-0.4, -0.2) is 0 Å². The smallest absolute Gasteiger partial charge is 0.116 e. The van der Waals surface area contributed by atoms with Crippen LogP contribution in [0.15, 0.2) is 140 Å². The van der Waals surface area contributed by atoms with Gasteiger partial charge in [-0.2, -0.15) is 0 Å². The van der Waals surface area contributed by atoms with E-state index in [-0.39, 0.29) is 24.0 Å². The van der Waals surface area contributed by atoms with E-state index >= 15 is 0 Å². The third kappa shape index (κ3) is 4.98. The summed E-state index contributed by atoms with van der Waals surface area (Å²) in [6.45, 7) is 0. The van der Waals surface area contributed by atoms with Gasteiger partial charge in [0.2, 0.25) is 0 Å². The van der Waals surface area contributed by atoms with E-state index in [2.05, 4.69) is 127 Å². The molecule has 0 N–H and O–H groups in total. The fourth-order valence-corrected chi connectivity index (χ4v) is 8.99. The first kappa shape index (κ1) is 24.7. The van der Waals surface area contributed by atoms with Crippen LogP contribution in [0.3, 0.4) is 0 Å². The van der Waals surface area contributed by atoms with E-state index in [9.17, 15) is 0 Å². The molecule has 3 heteroatoms. The van der Waals surface area contributed by atoms with Gasteiger partial charge in [0.15, 0.2) is 0 Å². The molecule has 0 aliphatic carbocycles. The fraction of sp³-hybridized carbons (Fsp3) is 0.0323. The molecule has 0 aromatic heterocycles. The Morgan fingerprint density at radius 1 is 0.471 bits per heavy atom. The minimum Gasteiger partial charge on any atom is -1.00 e. The Kier molecular flexibility index (Phi) is 8.21. The lowest BCUT2D eigenvalue weighted by Gasteiger charge is -2.28. The molecular formula is C31H25ClIP. The Hall–Kier alpha value is -2.45. The van der Waals surface area contributed by atoms with E-state index in [4.69, 9.17) is 11.6 Å². The van der Waals surface area contributed by atoms with Gasteiger partial charge in [-0.25, -0.2) is 0 Å². The van der Waals surface area contributed by atoms with Crippen molar-refractivity contribution in [3.63, 3.8) is 0 Å². The average molecular weight is 591 g/mol. The van der Waals surface area contributed by atoms with Crippen LogP contribution in [0, 0.1) is 0 Å². The Bertz CT molecular complexity index is 1220. The second kappa shape index (κ2) is 11.3. The Morgan fingerprint density at radius 2 is 0.882 bits per heavy atom. The molecule has 0 saturated heterocycles. The number of hydrogen-bond acceptors (Lipinski definition) is 0. The van der Waals surface area contributed by atoms with Crippen molar-refractivity contribution in [2.75, 3.05) is 0 Å². The maximum atomic E-state index is 6.19. The maximum Gasteiger partial charge on any atom is 0.116 e. The highest BCUT2D eigenvalue weighted by Gasteiger charge is 2.45. The van der Waals surface area contributed by atoms with E-state index in [0.29, 0.717) is 0 Å². The van der Waals surface area contributed by atoms with Crippen LogP contribution < -0.4 is 39.9 Å². The molecule has 0 saturated carbocycles. The molecule has 0 nitrogen and oxygen atoms in total. The summed E-state index contributed by atoms with van der Waals surface area (Å²) in [4.78, 5) is 0. The van der Waals surface area contributed by atoms with Gasteiger partial charge in [0, 0.05) is 5.02 Å². The molecule has 0 bridgehead atoms. The minimum absolute atomic E-state index is 0. The topological polar surface area (TPSA) is 0 Å². The fourth-order valence-electron chi connectivity index (χ4n) is 4.59. The second-order valence-electron chi connectivity index (χ2n) is 8.14. The highest BCUT2D eigenvalue weighted by molar-refractivity contribution is 7.95. The third-order valence-corrected chi connectivity index (χ3v) is 10.8. The van der Waals surface area contributed by atoms with Crippen molar-refractivity contribution in [2.24, 2.45) is 0 Å². The molecule has 5 aromatic carbocycles. The van der Waals surface area contributed by atoms with Crippen molar-refractivity contribution >= 4 is 34.8 Å². The number of hydrogen-bond donors (Lipinski definition) is 0. The van der Waals surface area contributed by atoms with Gasteiger partial charge in [-0.15, -0.1) is 0 Å². The first-order chi connectivity index (χ1) is 16.3. The van der Waals surface area contributed by atoms with Crippen LogP contribution in [0.1, 0.15) is 5.56 Å². The molecule has 0 aliphatic heterocycles. The van der Waals surface area contributed by atoms with Crippen molar-refractivity contribution in [1.29, 1.82) is 0 Å². The van der Waals surface area contributed by atoms with Gasteiger partial charge in [-0.1, -0.05) is 103 Å². The van der Waals surface area contributed by atoms with Crippen molar-refractivity contribution in [2.45, 2.75) is 6.16 Å². The van der Waals surface area contributed by atoms with E-state index in [1.165, 1.54) is 32.6 Å². The molecule has 5 rings (SSSR count). The molecule has 0 atom stereocenters. The van der Waals surface area contributed by atoms with Gasteiger partial charge < -0.3 is 24.0 Å². The lowest BCUT2D eigenvalue weighted by molar-refractivity contribution is -0.00000623. The van der Waals surface area contributed by atoms with Crippen molar-refractivity contribution in [3.05, 3.63) is 150 Å². The van der Waals surface area contributed by atoms with Gasteiger partial charge in [0.05, 0.1) is 6.16 Å². The van der Waals surface area contributed by atoms with Crippen molar-refractivity contribution in [1.82, 2.24) is 0 Å². The van der Waals surface area contributed by atoms with Crippen LogP contribution in [0.4, 0.5) is 0 Å². The zero-order valence-corrected chi connectivity index (χ0v) is 22.5. The van der Waals surface area contributed by atoms with Crippen molar-refractivity contribution in [3.8, 4) is 11.1 Å². The highest BCUT2D eigenvalue weighted by atomic mass is 127. The third-order valence-electron chi connectivity index (χ3n) is 6.17. The van der Waals surface area contributed by atoms with Crippen LogP contribution in [0.5, 0.6) is 0 Å². The Balaban J connectivity index is 0.00000274. The molecule has 34 heavy (non-hydrogen) atoms. The minimum atomic E-state index is -1.96. The number of rotatable bonds is 6. The standard InChI is InChI=1S/C31H25ClP.HI/c32-27-22-20-25(21-23-27)31-19-11-10-12-26(31)24-33(28-13-4-1-5-14-28,29-15-6-2-7-16-29)30-17-8-3-9-18-30;/h1-23H,24H2;1H/q+1;/p-1. The lowest BCUT2D eigenvalue weighted by Crippen LogP contribution is -3.00. The summed E-state index contributed by atoms with van der Waals surface area (Å²) < 4.78 is 0. The average Bonchev–Trinajstić information content (AvgIpc) is 2.90. The second-order valence-corrected chi connectivity index (χ2v) is 12.1. The Labute approximate surface area is 225 Å². The SMILES string of the molecule is Clc1ccc(-c2ccccc2C[P+](c2ccccc2)(c2ccccc2)c2ccccc2)cc1.[I-]. The normalized spacial score (nSPS) is 11.0. The number of benzene rings is 5. The van der Waals surface area contributed by atoms with E-state index < -0.39 is 7.26 Å². The molecule has 168 valence electrons. The van der Waals surface area contributed by atoms with Crippen LogP contribution in [0.25, 0.3) is 11.1 Å². The number of halogens is 2. The summed E-state index contributed by atoms with van der Waals surface area (Å²) in [6.07, 6.45) is 0.948. The lowest BCUT2D eigenvalue weighted by atomic mass is 10.0. The predicted octanol–water partition coefficient (Wildman–Crippen LogP) is 4.51.